The molecule has 7 nitrogen and oxygen atoms in total. The van der Waals surface area contributed by atoms with Crippen LogP contribution in [0.25, 0.3) is 0 Å². The number of allylic oxidation sites excluding steroid dienone is 4. The van der Waals surface area contributed by atoms with Gasteiger partial charge in [-0.25, -0.2) is 8.78 Å². The van der Waals surface area contributed by atoms with Crippen LogP contribution in [0.5, 0.6) is 0 Å². The van der Waals surface area contributed by atoms with Crippen LogP contribution in [0.15, 0.2) is 66.3 Å². The first kappa shape index (κ1) is 33.0. The third-order valence-corrected chi connectivity index (χ3v) is 11.3. The van der Waals surface area contributed by atoms with Gasteiger partial charge in [-0.2, -0.15) is 0 Å². The number of nitrogens with two attached hydrogens (primary N) is 1. The average Bonchev–Trinajstić information content (AvgIpc) is 3.42. The van der Waals surface area contributed by atoms with E-state index in [1.807, 2.05) is 36.4 Å². The molecule has 0 radical (unpaired) electrons. The summed E-state index contributed by atoms with van der Waals surface area (Å²) in [6.45, 7) is 2.56. The van der Waals surface area contributed by atoms with E-state index >= 15 is 8.78 Å². The van der Waals surface area contributed by atoms with E-state index in [1.165, 1.54) is 12.2 Å². The molecule has 4 N–H and O–H groups in total. The number of nitrogen functional groups attached to an aromatic ring is 1. The highest BCUT2D eigenvalue weighted by Crippen LogP contribution is 2.63. The Morgan fingerprint density at radius 1 is 1.15 bits per heavy atom. The number of hydrogen-bond donors (Lipinski definition) is 3. The van der Waals surface area contributed by atoms with Crippen LogP contribution >= 0.6 is 11.6 Å². The van der Waals surface area contributed by atoms with Gasteiger partial charge < -0.3 is 25.4 Å². The first-order valence-corrected chi connectivity index (χ1v) is 16.3. The van der Waals surface area contributed by atoms with Crippen LogP contribution in [0.1, 0.15) is 68.9 Å². The zero-order valence-corrected chi connectivity index (χ0v) is 26.7. The molecular formula is C36H40ClF2NO6. The van der Waals surface area contributed by atoms with Crippen molar-refractivity contribution in [2.24, 2.45) is 17.3 Å². The van der Waals surface area contributed by atoms with Crippen LogP contribution in [0, 0.1) is 17.3 Å². The zero-order valence-electron chi connectivity index (χ0n) is 25.9. The third-order valence-electron chi connectivity index (χ3n) is 11.0. The molecule has 9 atom stereocenters. The molecule has 246 valence electrons. The molecule has 4 aliphatic rings. The van der Waals surface area contributed by atoms with Gasteiger partial charge in [-0.1, -0.05) is 54.9 Å². The molecule has 0 spiro atoms. The lowest BCUT2D eigenvalue weighted by Crippen LogP contribution is -2.65. The molecule has 0 amide bonds. The number of rotatable bonds is 8. The Balaban J connectivity index is 1.26. The van der Waals surface area contributed by atoms with Gasteiger partial charge in [0.25, 0.3) is 0 Å². The highest BCUT2D eigenvalue weighted by atomic mass is 35.5. The van der Waals surface area contributed by atoms with E-state index in [-0.39, 0.29) is 31.3 Å². The summed E-state index contributed by atoms with van der Waals surface area (Å²) in [5.74, 6) is -2.32. The van der Waals surface area contributed by atoms with E-state index in [0.717, 1.165) is 17.2 Å². The van der Waals surface area contributed by atoms with Crippen molar-refractivity contribution < 1.29 is 38.1 Å². The van der Waals surface area contributed by atoms with Gasteiger partial charge in [-0.05, 0) is 92.4 Å². The van der Waals surface area contributed by atoms with Gasteiger partial charge in [0.05, 0.1) is 22.9 Å². The Morgan fingerprint density at radius 3 is 2.54 bits per heavy atom. The maximum Gasteiger partial charge on any atom is 0.192 e. The minimum atomic E-state index is -2.24. The predicted molar refractivity (Wildman–Crippen MR) is 169 cm³/mol. The number of aliphatic hydroxyl groups is 2. The summed E-state index contributed by atoms with van der Waals surface area (Å²) >= 11 is 6.05. The molecule has 2 aromatic rings. The number of Topliss-reactive ketones (excluding diaryl/α,β-unsaturated/α-hetero) is 1. The Morgan fingerprint density at radius 2 is 1.87 bits per heavy atom. The molecule has 0 bridgehead atoms. The second-order valence-electron chi connectivity index (χ2n) is 13.4. The lowest BCUT2D eigenvalue weighted by molar-refractivity contribution is -0.173. The van der Waals surface area contributed by atoms with Crippen LogP contribution in [-0.2, 0) is 25.5 Å². The molecule has 2 saturated carbocycles. The highest BCUT2D eigenvalue weighted by Gasteiger charge is 2.67. The Labute approximate surface area is 272 Å². The Kier molecular flexibility index (Phi) is 8.78. The molecule has 2 aromatic carbocycles. The Bertz CT molecular complexity index is 1580. The van der Waals surface area contributed by atoms with E-state index in [1.54, 1.807) is 19.9 Å². The Hall–Kier alpha value is -2.95. The number of ether oxygens (including phenoxy) is 2. The van der Waals surface area contributed by atoms with Gasteiger partial charge in [0.15, 0.2) is 29.1 Å². The van der Waals surface area contributed by atoms with Crippen molar-refractivity contribution in [1.29, 1.82) is 0 Å². The predicted octanol–water partition coefficient (Wildman–Crippen LogP) is 5.94. The van der Waals surface area contributed by atoms with Gasteiger partial charge in [-0.15, -0.1) is 0 Å². The zero-order chi connectivity index (χ0) is 33.0. The molecule has 1 heterocycles. The molecule has 0 unspecified atom stereocenters. The molecule has 10 heteroatoms. The minimum absolute atomic E-state index is 0.0558. The van der Waals surface area contributed by atoms with Crippen LogP contribution in [0.3, 0.4) is 0 Å². The summed E-state index contributed by atoms with van der Waals surface area (Å²) in [7, 11) is 0. The fourth-order valence-corrected chi connectivity index (χ4v) is 8.52. The van der Waals surface area contributed by atoms with Crippen molar-refractivity contribution in [3.63, 3.8) is 0 Å². The lowest BCUT2D eigenvalue weighted by atomic mass is 9.48. The minimum Gasteiger partial charge on any atom is -0.398 e. The van der Waals surface area contributed by atoms with E-state index in [9.17, 15) is 19.8 Å². The second-order valence-corrected chi connectivity index (χ2v) is 13.8. The van der Waals surface area contributed by atoms with Crippen molar-refractivity contribution in [1.82, 2.24) is 0 Å². The number of aliphatic hydroxyl groups excluding tert-OH is 2. The first-order valence-electron chi connectivity index (χ1n) is 15.9. The van der Waals surface area contributed by atoms with Crippen molar-refractivity contribution >= 4 is 28.9 Å². The maximum absolute atomic E-state index is 17.4. The summed E-state index contributed by atoms with van der Waals surface area (Å²) < 4.78 is 46.0. The fourth-order valence-electron chi connectivity index (χ4n) is 8.40. The van der Waals surface area contributed by atoms with Crippen molar-refractivity contribution in [3.8, 4) is 0 Å². The summed E-state index contributed by atoms with van der Waals surface area (Å²) in [6, 6.07) is 13.1. The molecule has 6 rings (SSSR count). The quantitative estimate of drug-likeness (QED) is 0.302. The van der Waals surface area contributed by atoms with Crippen molar-refractivity contribution in [2.45, 2.75) is 88.3 Å². The number of ketones is 2. The number of benzene rings is 2. The van der Waals surface area contributed by atoms with Crippen LogP contribution in [0.4, 0.5) is 14.5 Å². The molecule has 46 heavy (non-hydrogen) atoms. The van der Waals surface area contributed by atoms with Crippen LogP contribution in [-0.4, -0.2) is 58.0 Å². The maximum atomic E-state index is 17.4. The molecule has 0 aromatic heterocycles. The monoisotopic (exact) mass is 655 g/mol. The third kappa shape index (κ3) is 5.24. The average molecular weight is 656 g/mol. The standard InChI is InChI=1S/C36H40ClF2NO6/c1-3-35(31(44)19-41)32(45-33(46-35)22-7-4-20(5-8-22)14-21-6-10-27(37)29(40)15-21)16-23-9-11-30(43)36(39)25(23)18-28(38)26-17-24(42)12-13-34(26,36)2/h4-8,10,12-13,15,17,23,25,28,30,32-33,41,43H,3,9,11,14,16,18-19,40H2,1-2H3/t23-,25-,28-,30-,32+,33-,34-,35+,36-/m0/s1. The van der Waals surface area contributed by atoms with Crippen molar-refractivity contribution in [2.75, 3.05) is 12.3 Å². The number of carbonyl (C=O) groups excluding carboxylic acids is 2. The molecule has 1 aliphatic heterocycles. The van der Waals surface area contributed by atoms with E-state index in [2.05, 4.69) is 0 Å². The second kappa shape index (κ2) is 12.3. The molecule has 3 aliphatic carbocycles. The normalized spacial score (nSPS) is 37.0. The van der Waals surface area contributed by atoms with Crippen LogP contribution in [0.2, 0.25) is 5.02 Å². The van der Waals surface area contributed by atoms with Crippen LogP contribution < -0.4 is 5.73 Å². The van der Waals surface area contributed by atoms with Gasteiger partial charge >= 0.3 is 0 Å². The van der Waals surface area contributed by atoms with Crippen molar-refractivity contribution in [3.05, 3.63) is 88.0 Å². The van der Waals surface area contributed by atoms with Gasteiger partial charge in [0, 0.05) is 16.9 Å². The van der Waals surface area contributed by atoms with E-state index in [4.69, 9.17) is 26.8 Å². The summed E-state index contributed by atoms with van der Waals surface area (Å²) in [4.78, 5) is 25.4. The molecular weight excluding hydrogens is 616 g/mol. The summed E-state index contributed by atoms with van der Waals surface area (Å²) in [6.07, 6.45) is 0.405. The largest absolute Gasteiger partial charge is 0.398 e. The molecule has 1 saturated heterocycles. The first-order chi connectivity index (χ1) is 21.9. The molecule has 3 fully saturated rings. The number of alkyl halides is 2. The number of fused-ring (bicyclic) bond motifs is 3. The van der Waals surface area contributed by atoms with Gasteiger partial charge in [0.1, 0.15) is 12.8 Å². The number of hydrogen-bond acceptors (Lipinski definition) is 7. The smallest absolute Gasteiger partial charge is 0.192 e. The van der Waals surface area contributed by atoms with E-state index < -0.39 is 71.4 Å². The number of anilines is 1. The lowest BCUT2D eigenvalue weighted by Gasteiger charge is -2.59. The fraction of sp³-hybridized carbons (Fsp3) is 0.500. The summed E-state index contributed by atoms with van der Waals surface area (Å²) in [5, 5.41) is 21.6. The van der Waals surface area contributed by atoms with E-state index in [0.29, 0.717) is 29.1 Å². The topological polar surface area (TPSA) is 119 Å². The number of halogens is 3. The summed E-state index contributed by atoms with van der Waals surface area (Å²) in [5.41, 5.74) is 3.95. The van der Waals surface area contributed by atoms with Gasteiger partial charge in [0.2, 0.25) is 0 Å². The SMILES string of the molecule is CC[C@]1(C(=O)CO)O[C@@H](c2ccc(Cc3ccc(Cl)c(N)c3)cc2)O[C@@H]1C[C@@H]1CC[C@H](O)[C@@]2(F)[C@H]1C[C@H](F)C1=CC(=O)C=C[C@@]12C. The van der Waals surface area contributed by atoms with Gasteiger partial charge in [-0.3, -0.25) is 9.59 Å². The number of carbonyl (C=O) groups is 2. The highest BCUT2D eigenvalue weighted by molar-refractivity contribution is 6.33.